The summed E-state index contributed by atoms with van der Waals surface area (Å²) in [6.45, 7) is 8.26. The number of aryl methyl sites for hydroxylation is 2. The van der Waals surface area contributed by atoms with Crippen LogP contribution in [0.25, 0.3) is 0 Å². The van der Waals surface area contributed by atoms with Crippen molar-refractivity contribution >= 4 is 11.7 Å². The van der Waals surface area contributed by atoms with E-state index in [2.05, 4.69) is 10.4 Å². The van der Waals surface area contributed by atoms with Gasteiger partial charge in [0.2, 0.25) is 0 Å². The molecule has 4 rings (SSSR count). The van der Waals surface area contributed by atoms with E-state index in [9.17, 15) is 4.79 Å². The van der Waals surface area contributed by atoms with Crippen molar-refractivity contribution in [2.75, 3.05) is 18.0 Å². The minimum Gasteiger partial charge on any atom is -0.477 e. The summed E-state index contributed by atoms with van der Waals surface area (Å²) >= 11 is 0. The summed E-state index contributed by atoms with van der Waals surface area (Å²) in [7, 11) is 1.93. The molecule has 0 saturated carbocycles. The molecule has 1 fully saturated rings. The first-order valence-corrected chi connectivity index (χ1v) is 9.64. The molecule has 1 N–H and O–H groups in total. The summed E-state index contributed by atoms with van der Waals surface area (Å²) in [5.41, 5.74) is 4.10. The Morgan fingerprint density at radius 2 is 2.15 bits per heavy atom. The molecule has 1 amide bonds. The zero-order valence-corrected chi connectivity index (χ0v) is 16.5. The van der Waals surface area contributed by atoms with E-state index in [1.165, 1.54) is 0 Å². The van der Waals surface area contributed by atoms with Crippen LogP contribution in [0, 0.1) is 13.8 Å². The number of fused-ring (bicyclic) bond motifs is 1. The van der Waals surface area contributed by atoms with E-state index in [1.807, 2.05) is 37.7 Å². The highest BCUT2D eigenvalue weighted by molar-refractivity contribution is 5.98. The Bertz CT molecular complexity index is 869. The molecule has 2 aliphatic heterocycles. The molecule has 7 nitrogen and oxygen atoms in total. The Labute approximate surface area is 159 Å². The lowest BCUT2D eigenvalue weighted by Gasteiger charge is -2.33. The zero-order chi connectivity index (χ0) is 19.1. The molecule has 0 bridgehead atoms. The second-order valence-corrected chi connectivity index (χ2v) is 7.56. The van der Waals surface area contributed by atoms with Crippen molar-refractivity contribution < 1.29 is 9.53 Å². The number of amides is 1. The molecule has 4 heterocycles. The SMILES string of the molecule is Cc1nn(C)c(C)c1CN1C(=O)[C@@H](C)Oc2ccc(C3CCCNC3)nc21. The second kappa shape index (κ2) is 6.96. The molecule has 0 aromatic carbocycles. The number of ether oxygens (including phenoxy) is 1. The molecular weight excluding hydrogens is 342 g/mol. The van der Waals surface area contributed by atoms with Gasteiger partial charge in [-0.15, -0.1) is 0 Å². The van der Waals surface area contributed by atoms with Crippen molar-refractivity contribution in [1.82, 2.24) is 20.1 Å². The predicted octanol–water partition coefficient (Wildman–Crippen LogP) is 2.21. The van der Waals surface area contributed by atoms with Crippen LogP contribution in [0.5, 0.6) is 5.75 Å². The summed E-state index contributed by atoms with van der Waals surface area (Å²) in [5, 5.41) is 7.92. The first-order chi connectivity index (χ1) is 13.0. The maximum Gasteiger partial charge on any atom is 0.269 e. The average Bonchev–Trinajstić information content (AvgIpc) is 2.91. The number of rotatable bonds is 3. The average molecular weight is 369 g/mol. The van der Waals surface area contributed by atoms with E-state index in [-0.39, 0.29) is 5.91 Å². The molecule has 27 heavy (non-hydrogen) atoms. The van der Waals surface area contributed by atoms with Gasteiger partial charge in [0, 0.05) is 36.5 Å². The van der Waals surface area contributed by atoms with Crippen LogP contribution in [0.1, 0.15) is 48.3 Å². The lowest BCUT2D eigenvalue weighted by molar-refractivity contribution is -0.125. The van der Waals surface area contributed by atoms with Gasteiger partial charge in [0.05, 0.1) is 12.2 Å². The molecule has 144 valence electrons. The van der Waals surface area contributed by atoms with Crippen LogP contribution in [0.4, 0.5) is 5.82 Å². The van der Waals surface area contributed by atoms with Crippen LogP contribution in [0.15, 0.2) is 12.1 Å². The first-order valence-electron chi connectivity index (χ1n) is 9.64. The quantitative estimate of drug-likeness (QED) is 0.898. The van der Waals surface area contributed by atoms with Crippen LogP contribution in [0.3, 0.4) is 0 Å². The Morgan fingerprint density at radius 3 is 2.81 bits per heavy atom. The van der Waals surface area contributed by atoms with E-state index in [1.54, 1.807) is 11.8 Å². The van der Waals surface area contributed by atoms with Crippen LogP contribution in [0.2, 0.25) is 0 Å². The van der Waals surface area contributed by atoms with Gasteiger partial charge < -0.3 is 10.1 Å². The smallest absolute Gasteiger partial charge is 0.269 e. The fourth-order valence-electron chi connectivity index (χ4n) is 3.99. The number of hydrogen-bond acceptors (Lipinski definition) is 5. The normalized spacial score (nSPS) is 22.5. The van der Waals surface area contributed by atoms with Gasteiger partial charge in [-0.05, 0) is 52.3 Å². The number of nitrogens with zero attached hydrogens (tertiary/aromatic N) is 4. The van der Waals surface area contributed by atoms with E-state index < -0.39 is 6.10 Å². The predicted molar refractivity (Wildman–Crippen MR) is 103 cm³/mol. The standard InChI is InChI=1S/C20H27N5O2/c1-12-16(13(2)24(4)23-12)11-25-19-18(27-14(3)20(25)26)8-7-17(22-19)15-6-5-9-21-10-15/h7-8,14-15,21H,5-6,9-11H2,1-4H3/t14-,15?/m1/s1. The molecule has 0 radical (unpaired) electrons. The fraction of sp³-hybridized carbons (Fsp3) is 0.550. The van der Waals surface area contributed by atoms with Gasteiger partial charge >= 0.3 is 0 Å². The van der Waals surface area contributed by atoms with Gasteiger partial charge in [-0.2, -0.15) is 5.10 Å². The summed E-state index contributed by atoms with van der Waals surface area (Å²) < 4.78 is 7.69. The molecule has 1 unspecified atom stereocenters. The third kappa shape index (κ3) is 3.20. The molecule has 2 aliphatic rings. The number of anilines is 1. The van der Waals surface area contributed by atoms with Gasteiger partial charge in [-0.3, -0.25) is 14.4 Å². The third-order valence-electron chi connectivity index (χ3n) is 5.72. The van der Waals surface area contributed by atoms with E-state index in [0.29, 0.717) is 24.0 Å². The van der Waals surface area contributed by atoms with Gasteiger partial charge in [0.15, 0.2) is 17.7 Å². The zero-order valence-electron chi connectivity index (χ0n) is 16.5. The Balaban J connectivity index is 1.72. The van der Waals surface area contributed by atoms with Crippen molar-refractivity contribution in [3.05, 3.63) is 34.8 Å². The van der Waals surface area contributed by atoms with Crippen molar-refractivity contribution in [1.29, 1.82) is 0 Å². The maximum absolute atomic E-state index is 12.9. The number of aromatic nitrogens is 3. The van der Waals surface area contributed by atoms with Crippen molar-refractivity contribution in [2.24, 2.45) is 7.05 Å². The van der Waals surface area contributed by atoms with Crippen molar-refractivity contribution in [3.63, 3.8) is 0 Å². The first kappa shape index (κ1) is 18.0. The number of piperidine rings is 1. The van der Waals surface area contributed by atoms with Gasteiger partial charge in [-0.1, -0.05) is 0 Å². The summed E-state index contributed by atoms with van der Waals surface area (Å²) in [4.78, 5) is 19.6. The highest BCUT2D eigenvalue weighted by Gasteiger charge is 2.34. The summed E-state index contributed by atoms with van der Waals surface area (Å²) in [5.74, 6) is 1.62. The largest absolute Gasteiger partial charge is 0.477 e. The number of pyridine rings is 1. The number of nitrogens with one attached hydrogen (secondary N) is 1. The molecule has 7 heteroatoms. The van der Waals surface area contributed by atoms with Gasteiger partial charge in [0.1, 0.15) is 0 Å². The second-order valence-electron chi connectivity index (χ2n) is 7.56. The number of carbonyl (C=O) groups is 1. The molecule has 0 aliphatic carbocycles. The molecule has 2 aromatic heterocycles. The monoisotopic (exact) mass is 369 g/mol. The molecular formula is C20H27N5O2. The van der Waals surface area contributed by atoms with Crippen molar-refractivity contribution in [2.45, 2.75) is 52.2 Å². The lowest BCUT2D eigenvalue weighted by Crippen LogP contribution is -2.45. The highest BCUT2D eigenvalue weighted by Crippen LogP contribution is 2.36. The van der Waals surface area contributed by atoms with E-state index in [0.717, 1.165) is 48.6 Å². The number of hydrogen-bond donors (Lipinski definition) is 1. The molecule has 1 saturated heterocycles. The minimum absolute atomic E-state index is 0.0587. The fourth-order valence-corrected chi connectivity index (χ4v) is 3.99. The minimum atomic E-state index is -0.515. The van der Waals surface area contributed by atoms with Crippen LogP contribution in [-0.2, 0) is 18.4 Å². The summed E-state index contributed by atoms with van der Waals surface area (Å²) in [6, 6.07) is 4.00. The molecule has 2 aromatic rings. The maximum atomic E-state index is 12.9. The van der Waals surface area contributed by atoms with E-state index >= 15 is 0 Å². The van der Waals surface area contributed by atoms with Crippen LogP contribution < -0.4 is 15.0 Å². The van der Waals surface area contributed by atoms with Crippen molar-refractivity contribution in [3.8, 4) is 5.75 Å². The van der Waals surface area contributed by atoms with Crippen LogP contribution in [-0.4, -0.2) is 39.9 Å². The topological polar surface area (TPSA) is 72.3 Å². The van der Waals surface area contributed by atoms with Crippen LogP contribution >= 0.6 is 0 Å². The number of carbonyl (C=O) groups excluding carboxylic acids is 1. The Kier molecular flexibility index (Phi) is 4.63. The highest BCUT2D eigenvalue weighted by atomic mass is 16.5. The summed E-state index contributed by atoms with van der Waals surface area (Å²) in [6.07, 6.45) is 1.75. The molecule has 0 spiro atoms. The van der Waals surface area contributed by atoms with E-state index in [4.69, 9.17) is 9.72 Å². The lowest BCUT2D eigenvalue weighted by atomic mass is 9.95. The van der Waals surface area contributed by atoms with Gasteiger partial charge in [0.25, 0.3) is 5.91 Å². The Morgan fingerprint density at radius 1 is 1.33 bits per heavy atom. The Hall–Kier alpha value is -2.41. The van der Waals surface area contributed by atoms with Gasteiger partial charge in [-0.25, -0.2) is 4.98 Å². The third-order valence-corrected chi connectivity index (χ3v) is 5.72. The molecule has 2 atom stereocenters.